The number of rotatable bonds is 5. The molecule has 1 aliphatic rings. The molecule has 1 aromatic rings. The van der Waals surface area contributed by atoms with Gasteiger partial charge in [0.05, 0.1) is 12.1 Å². The van der Waals surface area contributed by atoms with Crippen molar-refractivity contribution >= 4 is 16.0 Å². The third-order valence-electron chi connectivity index (χ3n) is 3.52. The molecule has 0 saturated heterocycles. The molecule has 0 aromatic carbocycles. The Bertz CT molecular complexity index is 518. The van der Waals surface area contributed by atoms with Crippen LogP contribution >= 0.6 is 0 Å². The quantitative estimate of drug-likeness (QED) is 0.733. The SMILES string of the molecule is O=C(O)C1CCC(CNS(=O)(=O)c2ccn[nH]2)CC1. The average Bonchev–Trinajstić information content (AvgIpc) is 2.91. The van der Waals surface area contributed by atoms with E-state index in [2.05, 4.69) is 14.9 Å². The fourth-order valence-electron chi connectivity index (χ4n) is 2.31. The number of H-pyrrole nitrogens is 1. The number of sulfonamides is 1. The van der Waals surface area contributed by atoms with Crippen LogP contribution in [0.4, 0.5) is 0 Å². The molecule has 1 aliphatic carbocycles. The number of aromatic amines is 1. The van der Waals surface area contributed by atoms with E-state index in [9.17, 15) is 13.2 Å². The van der Waals surface area contributed by atoms with Gasteiger partial charge in [-0.15, -0.1) is 0 Å². The van der Waals surface area contributed by atoms with E-state index in [0.29, 0.717) is 19.4 Å². The lowest BCUT2D eigenvalue weighted by Crippen LogP contribution is -2.32. The number of aromatic nitrogens is 2. The highest BCUT2D eigenvalue weighted by atomic mass is 32.2. The van der Waals surface area contributed by atoms with Gasteiger partial charge >= 0.3 is 5.97 Å². The Morgan fingerprint density at radius 3 is 2.63 bits per heavy atom. The number of nitrogens with zero attached hydrogens (tertiary/aromatic N) is 1. The summed E-state index contributed by atoms with van der Waals surface area (Å²) in [5, 5.41) is 14.9. The van der Waals surface area contributed by atoms with Gasteiger partial charge in [0, 0.05) is 6.54 Å². The summed E-state index contributed by atoms with van der Waals surface area (Å²) in [5.74, 6) is -0.828. The predicted octanol–water partition coefficient (Wildman–Crippen LogP) is 0.579. The van der Waals surface area contributed by atoms with Crippen molar-refractivity contribution in [2.75, 3.05) is 6.54 Å². The summed E-state index contributed by atoms with van der Waals surface area (Å²) in [7, 11) is -3.53. The zero-order valence-electron chi connectivity index (χ0n) is 10.4. The lowest BCUT2D eigenvalue weighted by molar-refractivity contribution is -0.143. The molecule has 8 heteroatoms. The lowest BCUT2D eigenvalue weighted by Gasteiger charge is -2.25. The van der Waals surface area contributed by atoms with Crippen molar-refractivity contribution in [1.29, 1.82) is 0 Å². The van der Waals surface area contributed by atoms with Crippen molar-refractivity contribution in [3.05, 3.63) is 12.3 Å². The monoisotopic (exact) mass is 287 g/mol. The number of nitrogens with one attached hydrogen (secondary N) is 2. The van der Waals surface area contributed by atoms with Crippen molar-refractivity contribution in [2.24, 2.45) is 11.8 Å². The first-order valence-corrected chi connectivity index (χ1v) is 7.69. The van der Waals surface area contributed by atoms with Crippen molar-refractivity contribution < 1.29 is 18.3 Å². The van der Waals surface area contributed by atoms with Crippen LogP contribution in [0.2, 0.25) is 0 Å². The fourth-order valence-corrected chi connectivity index (χ4v) is 3.34. The Hall–Kier alpha value is -1.41. The smallest absolute Gasteiger partial charge is 0.306 e. The van der Waals surface area contributed by atoms with Gasteiger partial charge in [-0.3, -0.25) is 9.89 Å². The topological polar surface area (TPSA) is 112 Å². The van der Waals surface area contributed by atoms with E-state index in [1.54, 1.807) is 0 Å². The predicted molar refractivity (Wildman–Crippen MR) is 66.9 cm³/mol. The van der Waals surface area contributed by atoms with Gasteiger partial charge < -0.3 is 5.11 Å². The molecule has 0 spiro atoms. The van der Waals surface area contributed by atoms with Crippen LogP contribution in [-0.2, 0) is 14.8 Å². The maximum Gasteiger partial charge on any atom is 0.306 e. The van der Waals surface area contributed by atoms with Crippen LogP contribution in [-0.4, -0.2) is 36.2 Å². The van der Waals surface area contributed by atoms with Gasteiger partial charge in [0.1, 0.15) is 0 Å². The maximum atomic E-state index is 11.8. The molecule has 0 unspecified atom stereocenters. The molecular weight excluding hydrogens is 270 g/mol. The number of carboxylic acid groups (broad SMARTS) is 1. The summed E-state index contributed by atoms with van der Waals surface area (Å²) in [5.41, 5.74) is 0. The molecular formula is C11H17N3O4S. The fraction of sp³-hybridized carbons (Fsp3) is 0.636. The summed E-state index contributed by atoms with van der Waals surface area (Å²) < 4.78 is 26.2. The molecule has 106 valence electrons. The first-order chi connectivity index (χ1) is 8.99. The number of carbonyl (C=O) groups is 1. The van der Waals surface area contributed by atoms with Crippen LogP contribution in [0.1, 0.15) is 25.7 Å². The molecule has 0 atom stereocenters. The van der Waals surface area contributed by atoms with E-state index in [0.717, 1.165) is 12.8 Å². The summed E-state index contributed by atoms with van der Waals surface area (Å²) in [4.78, 5) is 10.8. The largest absolute Gasteiger partial charge is 0.481 e. The van der Waals surface area contributed by atoms with E-state index in [1.165, 1.54) is 12.3 Å². The molecule has 7 nitrogen and oxygen atoms in total. The number of aliphatic carboxylic acids is 1. The van der Waals surface area contributed by atoms with Gasteiger partial charge in [-0.1, -0.05) is 0 Å². The highest BCUT2D eigenvalue weighted by Gasteiger charge is 2.27. The first-order valence-electron chi connectivity index (χ1n) is 6.21. The standard InChI is InChI=1S/C11H17N3O4S/c15-11(16)9-3-1-8(2-4-9)7-13-19(17,18)10-5-6-12-14-10/h5-6,8-9,13H,1-4,7H2,(H,12,14)(H,15,16). The molecule has 1 fully saturated rings. The van der Waals surface area contributed by atoms with E-state index in [-0.39, 0.29) is 16.9 Å². The summed E-state index contributed by atoms with van der Waals surface area (Å²) >= 11 is 0. The van der Waals surface area contributed by atoms with Crippen molar-refractivity contribution in [1.82, 2.24) is 14.9 Å². The van der Waals surface area contributed by atoms with Crippen LogP contribution in [0.5, 0.6) is 0 Å². The molecule has 0 radical (unpaired) electrons. The van der Waals surface area contributed by atoms with E-state index in [1.807, 2.05) is 0 Å². The Morgan fingerprint density at radius 1 is 1.42 bits per heavy atom. The molecule has 0 amide bonds. The van der Waals surface area contributed by atoms with E-state index in [4.69, 9.17) is 5.11 Å². The lowest BCUT2D eigenvalue weighted by atomic mass is 9.82. The highest BCUT2D eigenvalue weighted by molar-refractivity contribution is 7.89. The molecule has 0 aliphatic heterocycles. The molecule has 1 saturated carbocycles. The Morgan fingerprint density at radius 2 is 2.11 bits per heavy atom. The number of carboxylic acids is 1. The summed E-state index contributed by atoms with van der Waals surface area (Å²) in [6.45, 7) is 0.341. The molecule has 0 bridgehead atoms. The summed E-state index contributed by atoms with van der Waals surface area (Å²) in [6, 6.07) is 1.39. The third-order valence-corrected chi connectivity index (χ3v) is 4.88. The molecule has 2 rings (SSSR count). The summed E-state index contributed by atoms with van der Waals surface area (Å²) in [6.07, 6.45) is 4.09. The van der Waals surface area contributed by atoms with Gasteiger partial charge in [-0.05, 0) is 37.7 Å². The van der Waals surface area contributed by atoms with Crippen LogP contribution in [0.3, 0.4) is 0 Å². The van der Waals surface area contributed by atoms with E-state index >= 15 is 0 Å². The van der Waals surface area contributed by atoms with Gasteiger partial charge in [0.25, 0.3) is 10.0 Å². The van der Waals surface area contributed by atoms with Crippen LogP contribution in [0, 0.1) is 11.8 Å². The van der Waals surface area contributed by atoms with Crippen LogP contribution < -0.4 is 4.72 Å². The number of hydrogen-bond donors (Lipinski definition) is 3. The van der Waals surface area contributed by atoms with Gasteiger partial charge in [0.15, 0.2) is 5.03 Å². The van der Waals surface area contributed by atoms with Gasteiger partial charge in [0.2, 0.25) is 0 Å². The van der Waals surface area contributed by atoms with E-state index < -0.39 is 16.0 Å². The Balaban J connectivity index is 1.83. The van der Waals surface area contributed by atoms with Gasteiger partial charge in [-0.25, -0.2) is 13.1 Å². The second kappa shape index (κ2) is 5.70. The normalized spacial score (nSPS) is 24.2. The van der Waals surface area contributed by atoms with Crippen molar-refractivity contribution in [3.8, 4) is 0 Å². The molecule has 1 heterocycles. The van der Waals surface area contributed by atoms with Crippen LogP contribution in [0.25, 0.3) is 0 Å². The molecule has 1 aromatic heterocycles. The maximum absolute atomic E-state index is 11.8. The molecule has 3 N–H and O–H groups in total. The van der Waals surface area contributed by atoms with Crippen molar-refractivity contribution in [2.45, 2.75) is 30.7 Å². The Kier molecular flexibility index (Phi) is 4.20. The minimum Gasteiger partial charge on any atom is -0.481 e. The zero-order chi connectivity index (χ0) is 13.9. The second-order valence-electron chi connectivity index (χ2n) is 4.83. The number of hydrogen-bond acceptors (Lipinski definition) is 4. The highest BCUT2D eigenvalue weighted by Crippen LogP contribution is 2.28. The minimum atomic E-state index is -3.53. The first kappa shape index (κ1) is 14.0. The molecule has 19 heavy (non-hydrogen) atoms. The van der Waals surface area contributed by atoms with Crippen LogP contribution in [0.15, 0.2) is 17.3 Å². The third kappa shape index (κ3) is 3.54. The van der Waals surface area contributed by atoms with Gasteiger partial charge in [-0.2, -0.15) is 5.10 Å². The second-order valence-corrected chi connectivity index (χ2v) is 6.56. The average molecular weight is 287 g/mol. The Labute approximate surface area is 111 Å². The van der Waals surface area contributed by atoms with Crippen molar-refractivity contribution in [3.63, 3.8) is 0 Å². The zero-order valence-corrected chi connectivity index (χ0v) is 11.2. The minimum absolute atomic E-state index is 0.0479.